The van der Waals surface area contributed by atoms with Gasteiger partial charge in [-0.3, -0.25) is 14.6 Å². The van der Waals surface area contributed by atoms with Crippen LogP contribution >= 0.6 is 0 Å². The van der Waals surface area contributed by atoms with Crippen LogP contribution in [0.3, 0.4) is 0 Å². The molecule has 1 aromatic rings. The molecule has 1 saturated heterocycles. The molecule has 5 nitrogen and oxygen atoms in total. The summed E-state index contributed by atoms with van der Waals surface area (Å²) in [5, 5.41) is 2.69. The zero-order valence-electron chi connectivity index (χ0n) is 14.6. The van der Waals surface area contributed by atoms with Gasteiger partial charge in [-0.05, 0) is 37.8 Å². The molecule has 1 aromatic heterocycles. The average Bonchev–Trinajstić information content (AvgIpc) is 2.53. The lowest BCUT2D eigenvalue weighted by Crippen LogP contribution is -2.39. The van der Waals surface area contributed by atoms with Gasteiger partial charge in [0.05, 0.1) is 11.3 Å². The fourth-order valence-corrected chi connectivity index (χ4v) is 3.10. The van der Waals surface area contributed by atoms with Gasteiger partial charge in [-0.1, -0.05) is 13.8 Å². The fraction of sp³-hybridized carbons (Fsp3) is 0.611. The quantitative estimate of drug-likeness (QED) is 0.928. The van der Waals surface area contributed by atoms with Crippen molar-refractivity contribution in [1.82, 2.24) is 15.2 Å². The zero-order chi connectivity index (χ0) is 17.0. The van der Waals surface area contributed by atoms with Gasteiger partial charge in [0.15, 0.2) is 0 Å². The number of hydrogen-bond acceptors (Lipinski definition) is 3. The molecule has 126 valence electrons. The molecule has 0 atom stereocenters. The standard InChI is InChI=1S/C18H27N3O2/c1-12(2)11-16(22)21-9-7-14(8-10-21)17-15(18(23)19-4)6-5-13(3)20-17/h5-6,12,14H,7-11H2,1-4H3,(H,19,23). The predicted molar refractivity (Wildman–Crippen MR) is 90.4 cm³/mol. The molecule has 0 aliphatic carbocycles. The van der Waals surface area contributed by atoms with Crippen LogP contribution in [0.25, 0.3) is 0 Å². The van der Waals surface area contributed by atoms with Crippen LogP contribution in [0.1, 0.15) is 60.8 Å². The molecular weight excluding hydrogens is 290 g/mol. The summed E-state index contributed by atoms with van der Waals surface area (Å²) in [6.07, 6.45) is 2.34. The van der Waals surface area contributed by atoms with Gasteiger partial charge in [-0.15, -0.1) is 0 Å². The Morgan fingerprint density at radius 2 is 1.96 bits per heavy atom. The molecule has 2 heterocycles. The zero-order valence-corrected chi connectivity index (χ0v) is 14.6. The minimum Gasteiger partial charge on any atom is -0.355 e. The van der Waals surface area contributed by atoms with E-state index in [1.54, 1.807) is 7.05 Å². The molecule has 1 N–H and O–H groups in total. The lowest BCUT2D eigenvalue weighted by Gasteiger charge is -2.33. The Labute approximate surface area is 138 Å². The Morgan fingerprint density at radius 1 is 1.30 bits per heavy atom. The van der Waals surface area contributed by atoms with Gasteiger partial charge in [0.25, 0.3) is 5.91 Å². The number of likely N-dealkylation sites (tertiary alicyclic amines) is 1. The van der Waals surface area contributed by atoms with Crippen molar-refractivity contribution in [2.24, 2.45) is 5.92 Å². The third-order valence-electron chi connectivity index (χ3n) is 4.35. The molecule has 2 rings (SSSR count). The van der Waals surface area contributed by atoms with Crippen molar-refractivity contribution in [3.63, 3.8) is 0 Å². The Morgan fingerprint density at radius 3 is 2.52 bits per heavy atom. The molecule has 0 unspecified atom stereocenters. The number of aromatic nitrogens is 1. The van der Waals surface area contributed by atoms with Crippen LogP contribution in [0.2, 0.25) is 0 Å². The number of nitrogens with zero attached hydrogens (tertiary/aromatic N) is 2. The van der Waals surface area contributed by atoms with Crippen molar-refractivity contribution in [3.05, 3.63) is 29.1 Å². The van der Waals surface area contributed by atoms with E-state index >= 15 is 0 Å². The fourth-order valence-electron chi connectivity index (χ4n) is 3.10. The maximum atomic E-state index is 12.2. The van der Waals surface area contributed by atoms with E-state index in [2.05, 4.69) is 24.1 Å². The molecule has 0 radical (unpaired) electrons. The van der Waals surface area contributed by atoms with Gasteiger partial charge in [0.2, 0.25) is 5.91 Å². The van der Waals surface area contributed by atoms with E-state index in [0.29, 0.717) is 17.9 Å². The first-order valence-electron chi connectivity index (χ1n) is 8.39. The summed E-state index contributed by atoms with van der Waals surface area (Å²) in [4.78, 5) is 30.8. The molecule has 23 heavy (non-hydrogen) atoms. The maximum Gasteiger partial charge on any atom is 0.252 e. The van der Waals surface area contributed by atoms with Gasteiger partial charge in [0, 0.05) is 38.2 Å². The van der Waals surface area contributed by atoms with Crippen LogP contribution in [0.5, 0.6) is 0 Å². The van der Waals surface area contributed by atoms with Gasteiger partial charge in [-0.2, -0.15) is 0 Å². The smallest absolute Gasteiger partial charge is 0.252 e. The normalized spacial score (nSPS) is 15.8. The number of piperidine rings is 1. The van der Waals surface area contributed by atoms with Crippen molar-refractivity contribution in [1.29, 1.82) is 0 Å². The molecule has 5 heteroatoms. The van der Waals surface area contributed by atoms with Crippen molar-refractivity contribution in [2.45, 2.75) is 46.0 Å². The molecule has 0 aromatic carbocycles. The summed E-state index contributed by atoms with van der Waals surface area (Å²) in [6, 6.07) is 3.72. The molecule has 1 aliphatic rings. The third kappa shape index (κ3) is 4.30. The van der Waals surface area contributed by atoms with E-state index in [0.717, 1.165) is 37.3 Å². The number of hydrogen-bond donors (Lipinski definition) is 1. The van der Waals surface area contributed by atoms with Gasteiger partial charge in [0.1, 0.15) is 0 Å². The van der Waals surface area contributed by atoms with Crippen LogP contribution in [0.15, 0.2) is 12.1 Å². The number of aryl methyl sites for hydroxylation is 1. The topological polar surface area (TPSA) is 62.3 Å². The number of pyridine rings is 1. The van der Waals surface area contributed by atoms with Crippen LogP contribution < -0.4 is 5.32 Å². The Bertz CT molecular complexity index is 576. The minimum absolute atomic E-state index is 0.0918. The second kappa shape index (κ2) is 7.57. The van der Waals surface area contributed by atoms with Gasteiger partial charge < -0.3 is 10.2 Å². The average molecular weight is 317 g/mol. The van der Waals surface area contributed by atoms with E-state index < -0.39 is 0 Å². The monoisotopic (exact) mass is 317 g/mol. The Kier molecular flexibility index (Phi) is 5.74. The molecule has 1 fully saturated rings. The van der Waals surface area contributed by atoms with E-state index in [-0.39, 0.29) is 17.7 Å². The first-order valence-corrected chi connectivity index (χ1v) is 8.39. The van der Waals surface area contributed by atoms with Crippen molar-refractivity contribution in [3.8, 4) is 0 Å². The summed E-state index contributed by atoms with van der Waals surface area (Å²) < 4.78 is 0. The second-order valence-corrected chi connectivity index (χ2v) is 6.72. The van der Waals surface area contributed by atoms with Crippen molar-refractivity contribution < 1.29 is 9.59 Å². The number of carbonyl (C=O) groups is 2. The first-order chi connectivity index (χ1) is 10.9. The van der Waals surface area contributed by atoms with Crippen molar-refractivity contribution in [2.75, 3.05) is 20.1 Å². The highest BCUT2D eigenvalue weighted by Crippen LogP contribution is 2.29. The summed E-state index contributed by atoms with van der Waals surface area (Å²) in [5.41, 5.74) is 2.45. The number of nitrogens with one attached hydrogen (secondary N) is 1. The highest BCUT2D eigenvalue weighted by molar-refractivity contribution is 5.95. The van der Waals surface area contributed by atoms with Crippen LogP contribution in [0, 0.1) is 12.8 Å². The first kappa shape index (κ1) is 17.4. The Hall–Kier alpha value is -1.91. The molecule has 0 spiro atoms. The van der Waals surface area contributed by atoms with Crippen LogP contribution in [0.4, 0.5) is 0 Å². The lowest BCUT2D eigenvalue weighted by molar-refractivity contribution is -0.133. The molecule has 1 aliphatic heterocycles. The third-order valence-corrected chi connectivity index (χ3v) is 4.35. The van der Waals surface area contributed by atoms with E-state index in [9.17, 15) is 9.59 Å². The van der Waals surface area contributed by atoms with E-state index in [4.69, 9.17) is 0 Å². The largest absolute Gasteiger partial charge is 0.355 e. The van der Waals surface area contributed by atoms with Gasteiger partial charge >= 0.3 is 0 Å². The maximum absolute atomic E-state index is 12.2. The summed E-state index contributed by atoms with van der Waals surface area (Å²) >= 11 is 0. The van der Waals surface area contributed by atoms with E-state index in [1.807, 2.05) is 24.0 Å². The summed E-state index contributed by atoms with van der Waals surface area (Å²) in [6.45, 7) is 7.57. The molecule has 2 amide bonds. The lowest BCUT2D eigenvalue weighted by atomic mass is 9.89. The highest BCUT2D eigenvalue weighted by Gasteiger charge is 2.27. The molecule has 0 saturated carbocycles. The van der Waals surface area contributed by atoms with Crippen LogP contribution in [-0.2, 0) is 4.79 Å². The predicted octanol–water partition coefficient (Wildman–Crippen LogP) is 2.50. The second-order valence-electron chi connectivity index (χ2n) is 6.72. The Balaban J connectivity index is 2.09. The van der Waals surface area contributed by atoms with Crippen LogP contribution in [-0.4, -0.2) is 41.8 Å². The number of rotatable bonds is 4. The summed E-state index contributed by atoms with van der Waals surface area (Å²) in [5.74, 6) is 0.775. The number of carbonyl (C=O) groups excluding carboxylic acids is 2. The van der Waals surface area contributed by atoms with Crippen molar-refractivity contribution >= 4 is 11.8 Å². The minimum atomic E-state index is -0.0918. The number of amides is 2. The highest BCUT2D eigenvalue weighted by atomic mass is 16.2. The van der Waals surface area contributed by atoms with Gasteiger partial charge in [-0.25, -0.2) is 0 Å². The summed E-state index contributed by atoms with van der Waals surface area (Å²) in [7, 11) is 1.64. The molecular formula is C18H27N3O2. The molecule has 0 bridgehead atoms. The SMILES string of the molecule is CNC(=O)c1ccc(C)nc1C1CCN(C(=O)CC(C)C)CC1. The van der Waals surface area contributed by atoms with E-state index in [1.165, 1.54) is 0 Å².